The molecule has 10 heteroatoms. The number of piperidine rings is 1. The van der Waals surface area contributed by atoms with Crippen molar-refractivity contribution in [2.45, 2.75) is 31.3 Å². The van der Waals surface area contributed by atoms with Crippen molar-refractivity contribution in [2.24, 2.45) is 0 Å². The maximum atomic E-state index is 15.0. The molecule has 1 amide bonds. The highest BCUT2D eigenvalue weighted by Crippen LogP contribution is 2.28. The SMILES string of the molecule is COc1ccc2nccc(C(O)CN3CCC(NCc4ccc5c(n4)NC(=O)CO5)C(F)C3)c2c1. The van der Waals surface area contributed by atoms with Gasteiger partial charge in [-0.25, -0.2) is 9.37 Å². The average Bonchev–Trinajstić information content (AvgIpc) is 2.87. The van der Waals surface area contributed by atoms with Gasteiger partial charge < -0.3 is 25.2 Å². The third-order valence-corrected chi connectivity index (χ3v) is 6.48. The lowest BCUT2D eigenvalue weighted by Crippen LogP contribution is -2.51. The first-order valence-electron chi connectivity index (χ1n) is 11.6. The summed E-state index contributed by atoms with van der Waals surface area (Å²) < 4.78 is 25.7. The molecule has 1 fully saturated rings. The Labute approximate surface area is 202 Å². The maximum absolute atomic E-state index is 15.0. The molecule has 0 aliphatic carbocycles. The molecule has 5 rings (SSSR count). The van der Waals surface area contributed by atoms with Gasteiger partial charge >= 0.3 is 0 Å². The van der Waals surface area contributed by atoms with Crippen LogP contribution in [0.5, 0.6) is 11.5 Å². The molecule has 0 bridgehead atoms. The summed E-state index contributed by atoms with van der Waals surface area (Å²) in [5, 5.41) is 17.7. The number of rotatable bonds is 7. The highest BCUT2D eigenvalue weighted by Gasteiger charge is 2.30. The summed E-state index contributed by atoms with van der Waals surface area (Å²) in [4.78, 5) is 22.2. The van der Waals surface area contributed by atoms with E-state index in [-0.39, 0.29) is 25.1 Å². The second kappa shape index (κ2) is 10.1. The number of fused-ring (bicyclic) bond motifs is 2. The summed E-state index contributed by atoms with van der Waals surface area (Å²) in [6, 6.07) is 10.6. The van der Waals surface area contributed by atoms with E-state index >= 15 is 4.39 Å². The average molecular weight is 482 g/mol. The number of β-amino-alcohol motifs (C(OH)–C–C–N with tert-alkyl or cyclic N) is 1. The van der Waals surface area contributed by atoms with Gasteiger partial charge in [-0.3, -0.25) is 14.7 Å². The van der Waals surface area contributed by atoms with Gasteiger partial charge in [0.25, 0.3) is 5.91 Å². The van der Waals surface area contributed by atoms with Crippen molar-refractivity contribution in [3.63, 3.8) is 0 Å². The number of hydrogen-bond donors (Lipinski definition) is 3. The summed E-state index contributed by atoms with van der Waals surface area (Å²) in [6.45, 7) is 1.57. The van der Waals surface area contributed by atoms with Gasteiger partial charge in [0.1, 0.15) is 11.9 Å². The lowest BCUT2D eigenvalue weighted by Gasteiger charge is -2.36. The molecule has 35 heavy (non-hydrogen) atoms. The Morgan fingerprint density at radius 2 is 2.23 bits per heavy atom. The lowest BCUT2D eigenvalue weighted by molar-refractivity contribution is -0.118. The highest BCUT2D eigenvalue weighted by molar-refractivity contribution is 5.94. The number of aliphatic hydroxyl groups is 1. The number of ether oxygens (including phenoxy) is 2. The molecule has 3 atom stereocenters. The molecule has 0 radical (unpaired) electrons. The van der Waals surface area contributed by atoms with Gasteiger partial charge in [0.15, 0.2) is 18.2 Å². The Hall–Kier alpha value is -3.34. The minimum absolute atomic E-state index is 0.0192. The molecule has 1 saturated heterocycles. The number of hydrogen-bond acceptors (Lipinski definition) is 8. The molecule has 0 spiro atoms. The zero-order valence-corrected chi connectivity index (χ0v) is 19.4. The summed E-state index contributed by atoms with van der Waals surface area (Å²) >= 11 is 0. The fraction of sp³-hybridized carbons (Fsp3) is 0.400. The molecule has 3 aromatic rings. The van der Waals surface area contributed by atoms with Gasteiger partial charge in [0.2, 0.25) is 0 Å². The largest absolute Gasteiger partial charge is 0.497 e. The van der Waals surface area contributed by atoms with Crippen LogP contribution in [-0.2, 0) is 11.3 Å². The Bertz CT molecular complexity index is 1230. The normalized spacial score (nSPS) is 21.2. The number of likely N-dealkylation sites (tertiary alicyclic amines) is 1. The first-order chi connectivity index (χ1) is 17.0. The Balaban J connectivity index is 1.17. The molecule has 3 N–H and O–H groups in total. The Morgan fingerprint density at radius 1 is 1.34 bits per heavy atom. The number of halogens is 1. The van der Waals surface area contributed by atoms with Gasteiger partial charge in [-0.15, -0.1) is 0 Å². The number of amides is 1. The number of nitrogens with one attached hydrogen (secondary N) is 2. The monoisotopic (exact) mass is 481 g/mol. The first kappa shape index (κ1) is 23.4. The van der Waals surface area contributed by atoms with Crippen molar-refractivity contribution in [1.29, 1.82) is 0 Å². The van der Waals surface area contributed by atoms with Crippen LogP contribution in [0.2, 0.25) is 0 Å². The second-order valence-corrected chi connectivity index (χ2v) is 8.84. The minimum atomic E-state index is -1.09. The third kappa shape index (κ3) is 5.19. The molecule has 9 nitrogen and oxygen atoms in total. The van der Waals surface area contributed by atoms with Crippen molar-refractivity contribution in [1.82, 2.24) is 20.2 Å². The molecule has 4 heterocycles. The number of carbonyl (C=O) groups excluding carboxylic acids is 1. The van der Waals surface area contributed by atoms with Crippen LogP contribution >= 0.6 is 0 Å². The van der Waals surface area contributed by atoms with Crippen LogP contribution in [0, 0.1) is 0 Å². The molecule has 2 aromatic heterocycles. The zero-order chi connectivity index (χ0) is 24.4. The number of pyridine rings is 2. The summed E-state index contributed by atoms with van der Waals surface area (Å²) in [6.07, 6.45) is 0.407. The number of aliphatic hydroxyl groups excluding tert-OH is 1. The smallest absolute Gasteiger partial charge is 0.263 e. The topological polar surface area (TPSA) is 109 Å². The number of alkyl halides is 1. The fourth-order valence-corrected chi connectivity index (χ4v) is 4.61. The molecule has 184 valence electrons. The van der Waals surface area contributed by atoms with Crippen LogP contribution < -0.4 is 20.1 Å². The number of carbonyl (C=O) groups is 1. The molecular weight excluding hydrogens is 453 g/mol. The van der Waals surface area contributed by atoms with Crippen molar-refractivity contribution < 1.29 is 23.8 Å². The summed E-state index contributed by atoms with van der Waals surface area (Å²) in [5.74, 6) is 1.37. The maximum Gasteiger partial charge on any atom is 0.263 e. The van der Waals surface area contributed by atoms with Crippen LogP contribution in [0.25, 0.3) is 10.9 Å². The molecule has 3 unspecified atom stereocenters. The van der Waals surface area contributed by atoms with Crippen LogP contribution in [0.4, 0.5) is 10.2 Å². The van der Waals surface area contributed by atoms with Crippen molar-refractivity contribution in [2.75, 3.05) is 38.7 Å². The van der Waals surface area contributed by atoms with E-state index < -0.39 is 12.3 Å². The van der Waals surface area contributed by atoms with Crippen molar-refractivity contribution in [3.05, 3.63) is 53.9 Å². The standard InChI is InChI=1S/C25H28FN5O4/c1-34-16-3-4-20-18(10-16)17(6-8-27-20)22(32)13-31-9-7-21(19(26)12-31)28-11-15-2-5-23-25(29-15)30-24(33)14-35-23/h2-6,8,10,19,21-22,28,32H,7,9,11-14H2,1H3,(H,29,30,33). The van der Waals surface area contributed by atoms with E-state index in [9.17, 15) is 9.90 Å². The van der Waals surface area contributed by atoms with Gasteiger partial charge in [-0.2, -0.15) is 0 Å². The van der Waals surface area contributed by atoms with E-state index in [1.165, 1.54) is 0 Å². The quantitative estimate of drug-likeness (QED) is 0.471. The first-order valence-corrected chi connectivity index (χ1v) is 11.6. The summed E-state index contributed by atoms with van der Waals surface area (Å²) in [5.41, 5.74) is 2.22. The Morgan fingerprint density at radius 3 is 3.06 bits per heavy atom. The number of anilines is 1. The van der Waals surface area contributed by atoms with Crippen LogP contribution in [0.1, 0.15) is 23.8 Å². The highest BCUT2D eigenvalue weighted by atomic mass is 19.1. The van der Waals surface area contributed by atoms with Gasteiger partial charge in [-0.1, -0.05) is 0 Å². The van der Waals surface area contributed by atoms with Gasteiger partial charge in [0.05, 0.1) is 24.4 Å². The van der Waals surface area contributed by atoms with E-state index in [0.29, 0.717) is 49.1 Å². The molecule has 2 aliphatic heterocycles. The van der Waals surface area contributed by atoms with E-state index in [4.69, 9.17) is 9.47 Å². The van der Waals surface area contributed by atoms with Crippen LogP contribution in [-0.4, -0.2) is 71.4 Å². The molecule has 0 saturated carbocycles. The van der Waals surface area contributed by atoms with Crippen molar-refractivity contribution >= 4 is 22.6 Å². The van der Waals surface area contributed by atoms with Crippen LogP contribution in [0.3, 0.4) is 0 Å². The fourth-order valence-electron chi connectivity index (χ4n) is 4.61. The minimum Gasteiger partial charge on any atom is -0.497 e. The zero-order valence-electron chi connectivity index (χ0n) is 19.4. The van der Waals surface area contributed by atoms with Crippen LogP contribution in [0.15, 0.2) is 42.6 Å². The second-order valence-electron chi connectivity index (χ2n) is 8.84. The molecule has 1 aromatic carbocycles. The molecule has 2 aliphatic rings. The number of nitrogens with zero attached hydrogens (tertiary/aromatic N) is 3. The Kier molecular flexibility index (Phi) is 6.76. The predicted octanol–water partition coefficient (Wildman–Crippen LogP) is 2.20. The number of benzene rings is 1. The third-order valence-electron chi connectivity index (χ3n) is 6.48. The molecular formula is C25H28FN5O4. The van der Waals surface area contributed by atoms with Gasteiger partial charge in [0, 0.05) is 37.3 Å². The van der Waals surface area contributed by atoms with Crippen molar-refractivity contribution in [3.8, 4) is 11.5 Å². The number of aromatic nitrogens is 2. The predicted molar refractivity (Wildman–Crippen MR) is 128 cm³/mol. The van der Waals surface area contributed by atoms with E-state index in [1.807, 2.05) is 23.1 Å². The number of methoxy groups -OCH3 is 1. The van der Waals surface area contributed by atoms with E-state index in [2.05, 4.69) is 20.6 Å². The van der Waals surface area contributed by atoms with E-state index in [1.54, 1.807) is 31.5 Å². The van der Waals surface area contributed by atoms with Gasteiger partial charge in [-0.05, 0) is 54.9 Å². The van der Waals surface area contributed by atoms with E-state index in [0.717, 1.165) is 16.5 Å². The summed E-state index contributed by atoms with van der Waals surface area (Å²) in [7, 11) is 1.60. The lowest BCUT2D eigenvalue weighted by atomic mass is 10.00.